The smallest absolute Gasteiger partial charge is 0.226 e. The first-order chi connectivity index (χ1) is 8.33. The molecule has 0 amide bonds. The van der Waals surface area contributed by atoms with Crippen LogP contribution in [0.2, 0.25) is 0 Å². The molecule has 0 radical (unpaired) electrons. The number of ether oxygens (including phenoxy) is 1. The van der Waals surface area contributed by atoms with E-state index in [0.717, 1.165) is 12.8 Å². The van der Waals surface area contributed by atoms with Crippen molar-refractivity contribution >= 4 is 5.95 Å². The van der Waals surface area contributed by atoms with E-state index in [-0.39, 0.29) is 0 Å². The second-order valence-corrected chi connectivity index (χ2v) is 4.87. The normalized spacial score (nSPS) is 31.2. The third-order valence-corrected chi connectivity index (χ3v) is 3.65. The zero-order chi connectivity index (χ0) is 11.7. The Hall–Kier alpha value is -1.36. The van der Waals surface area contributed by atoms with Crippen LogP contribution in [0.3, 0.4) is 0 Å². The maximum absolute atomic E-state index is 5.10. The Balaban J connectivity index is 1.66. The van der Waals surface area contributed by atoms with Crippen LogP contribution < -0.4 is 15.4 Å². The molecule has 0 aromatic carbocycles. The third kappa shape index (κ3) is 2.34. The summed E-state index contributed by atoms with van der Waals surface area (Å²) in [4.78, 5) is 8.52. The number of methoxy groups -OCH3 is 1. The van der Waals surface area contributed by atoms with Gasteiger partial charge in [-0.2, -0.15) is 4.98 Å². The Labute approximate surface area is 101 Å². The number of hydrogen-bond donors (Lipinski definition) is 2. The summed E-state index contributed by atoms with van der Waals surface area (Å²) in [7, 11) is 1.62. The lowest BCUT2D eigenvalue weighted by molar-refractivity contribution is 0.375. The highest BCUT2D eigenvalue weighted by Gasteiger charge is 2.33. The molecule has 2 N–H and O–H groups in total. The van der Waals surface area contributed by atoms with Crippen molar-refractivity contribution in [2.24, 2.45) is 0 Å². The van der Waals surface area contributed by atoms with Gasteiger partial charge >= 0.3 is 0 Å². The van der Waals surface area contributed by atoms with E-state index in [1.165, 1.54) is 12.8 Å². The van der Waals surface area contributed by atoms with Crippen LogP contribution in [0.15, 0.2) is 12.3 Å². The maximum atomic E-state index is 5.10. The summed E-state index contributed by atoms with van der Waals surface area (Å²) in [5, 5.41) is 7.04. The largest absolute Gasteiger partial charge is 0.481 e. The molecule has 92 valence electrons. The van der Waals surface area contributed by atoms with Crippen LogP contribution in [-0.4, -0.2) is 35.2 Å². The molecule has 2 atom stereocenters. The van der Waals surface area contributed by atoms with Crippen molar-refractivity contribution in [2.75, 3.05) is 12.4 Å². The summed E-state index contributed by atoms with van der Waals surface area (Å²) < 4.78 is 5.10. The van der Waals surface area contributed by atoms with E-state index in [0.29, 0.717) is 30.0 Å². The molecule has 0 saturated carbocycles. The van der Waals surface area contributed by atoms with Gasteiger partial charge in [0.25, 0.3) is 0 Å². The highest BCUT2D eigenvalue weighted by molar-refractivity contribution is 5.29. The van der Waals surface area contributed by atoms with Crippen molar-refractivity contribution < 1.29 is 4.74 Å². The molecule has 2 unspecified atom stereocenters. The molecule has 3 rings (SSSR count). The second kappa shape index (κ2) is 4.49. The monoisotopic (exact) mass is 234 g/mol. The van der Waals surface area contributed by atoms with Crippen molar-refractivity contribution in [1.82, 2.24) is 15.3 Å². The van der Waals surface area contributed by atoms with E-state index in [1.807, 2.05) is 0 Å². The molecular weight excluding hydrogens is 216 g/mol. The molecule has 2 aliphatic rings. The number of aromatic nitrogens is 2. The van der Waals surface area contributed by atoms with Crippen LogP contribution in [0, 0.1) is 0 Å². The van der Waals surface area contributed by atoms with Crippen molar-refractivity contribution in [3.8, 4) is 5.88 Å². The molecule has 2 bridgehead atoms. The molecular formula is C12H18N4O. The van der Waals surface area contributed by atoms with Crippen LogP contribution in [0.1, 0.15) is 25.7 Å². The van der Waals surface area contributed by atoms with Gasteiger partial charge in [0.1, 0.15) is 0 Å². The fourth-order valence-corrected chi connectivity index (χ4v) is 2.88. The first kappa shape index (κ1) is 10.8. The summed E-state index contributed by atoms with van der Waals surface area (Å²) >= 11 is 0. The van der Waals surface area contributed by atoms with Crippen LogP contribution in [0.5, 0.6) is 5.88 Å². The lowest BCUT2D eigenvalue weighted by Gasteiger charge is -2.29. The van der Waals surface area contributed by atoms with Crippen LogP contribution in [-0.2, 0) is 0 Å². The fourth-order valence-electron chi connectivity index (χ4n) is 2.88. The molecule has 0 spiro atoms. The van der Waals surface area contributed by atoms with Crippen LogP contribution in [0.4, 0.5) is 5.95 Å². The second-order valence-electron chi connectivity index (χ2n) is 4.87. The van der Waals surface area contributed by atoms with Gasteiger partial charge in [0.05, 0.1) is 7.11 Å². The maximum Gasteiger partial charge on any atom is 0.226 e. The van der Waals surface area contributed by atoms with Gasteiger partial charge in [-0.1, -0.05) is 0 Å². The number of nitrogens with zero attached hydrogens (tertiary/aromatic N) is 2. The Morgan fingerprint density at radius 3 is 2.82 bits per heavy atom. The number of anilines is 1. The molecule has 2 aliphatic heterocycles. The molecule has 1 aromatic heterocycles. The fraction of sp³-hybridized carbons (Fsp3) is 0.667. The molecule has 1 aromatic rings. The van der Waals surface area contributed by atoms with E-state index in [4.69, 9.17) is 4.74 Å². The molecule has 5 nitrogen and oxygen atoms in total. The zero-order valence-corrected chi connectivity index (χ0v) is 10.0. The lowest BCUT2D eigenvalue weighted by atomic mass is 10.0. The predicted molar refractivity (Wildman–Crippen MR) is 65.2 cm³/mol. The number of fused-ring (bicyclic) bond motifs is 2. The van der Waals surface area contributed by atoms with Crippen molar-refractivity contribution in [2.45, 2.75) is 43.8 Å². The summed E-state index contributed by atoms with van der Waals surface area (Å²) in [6.07, 6.45) is 6.67. The van der Waals surface area contributed by atoms with E-state index in [2.05, 4.69) is 20.6 Å². The minimum absolute atomic E-state index is 0.487. The minimum atomic E-state index is 0.487. The number of hydrogen-bond acceptors (Lipinski definition) is 5. The molecule has 3 heterocycles. The van der Waals surface area contributed by atoms with Crippen LogP contribution in [0.25, 0.3) is 0 Å². The quantitative estimate of drug-likeness (QED) is 0.822. The van der Waals surface area contributed by atoms with Gasteiger partial charge in [-0.25, -0.2) is 4.98 Å². The standard InChI is InChI=1S/C12H18N4O/c1-17-11-4-5-13-12(16-11)15-10-6-8-2-3-9(7-10)14-8/h4-5,8-10,14H,2-3,6-7H2,1H3,(H,13,15,16). The third-order valence-electron chi connectivity index (χ3n) is 3.65. The molecule has 5 heteroatoms. The molecule has 2 saturated heterocycles. The van der Waals surface area contributed by atoms with E-state index in [1.54, 1.807) is 19.4 Å². The van der Waals surface area contributed by atoms with Gasteiger partial charge in [0.2, 0.25) is 11.8 Å². The van der Waals surface area contributed by atoms with Gasteiger partial charge < -0.3 is 15.4 Å². The highest BCUT2D eigenvalue weighted by Crippen LogP contribution is 2.28. The van der Waals surface area contributed by atoms with Crippen LogP contribution >= 0.6 is 0 Å². The zero-order valence-electron chi connectivity index (χ0n) is 10.0. The van der Waals surface area contributed by atoms with Gasteiger partial charge in [0.15, 0.2) is 0 Å². The minimum Gasteiger partial charge on any atom is -0.481 e. The topological polar surface area (TPSA) is 59.1 Å². The van der Waals surface area contributed by atoms with Gasteiger partial charge in [-0.3, -0.25) is 0 Å². The van der Waals surface area contributed by atoms with Gasteiger partial charge in [-0.15, -0.1) is 0 Å². The number of nitrogens with one attached hydrogen (secondary N) is 2. The summed E-state index contributed by atoms with van der Waals surface area (Å²) in [5.74, 6) is 1.29. The van der Waals surface area contributed by atoms with E-state index < -0.39 is 0 Å². The van der Waals surface area contributed by atoms with E-state index >= 15 is 0 Å². The van der Waals surface area contributed by atoms with Crippen molar-refractivity contribution in [3.63, 3.8) is 0 Å². The molecule has 17 heavy (non-hydrogen) atoms. The summed E-state index contributed by atoms with van der Waals surface area (Å²) in [6.45, 7) is 0. The van der Waals surface area contributed by atoms with Crippen molar-refractivity contribution in [3.05, 3.63) is 12.3 Å². The van der Waals surface area contributed by atoms with Gasteiger partial charge in [0, 0.05) is 30.4 Å². The van der Waals surface area contributed by atoms with Gasteiger partial charge in [-0.05, 0) is 25.7 Å². The molecule has 2 fully saturated rings. The average Bonchev–Trinajstić information content (AvgIpc) is 2.69. The Bertz CT molecular complexity index is 386. The van der Waals surface area contributed by atoms with Crippen molar-refractivity contribution in [1.29, 1.82) is 0 Å². The SMILES string of the molecule is COc1ccnc(NC2CC3CCC(C2)N3)n1. The Morgan fingerprint density at radius 2 is 2.12 bits per heavy atom. The molecule has 0 aliphatic carbocycles. The number of rotatable bonds is 3. The first-order valence-corrected chi connectivity index (χ1v) is 6.23. The Kier molecular flexibility index (Phi) is 2.84. The Morgan fingerprint density at radius 1 is 1.35 bits per heavy atom. The predicted octanol–water partition coefficient (Wildman–Crippen LogP) is 1.18. The average molecular weight is 234 g/mol. The van der Waals surface area contributed by atoms with E-state index in [9.17, 15) is 0 Å². The number of piperidine rings is 1. The highest BCUT2D eigenvalue weighted by atomic mass is 16.5. The lowest BCUT2D eigenvalue weighted by Crippen LogP contribution is -2.43. The summed E-state index contributed by atoms with van der Waals surface area (Å²) in [5.41, 5.74) is 0. The first-order valence-electron chi connectivity index (χ1n) is 6.23. The summed E-state index contributed by atoms with van der Waals surface area (Å²) in [6, 6.07) is 3.60.